The summed E-state index contributed by atoms with van der Waals surface area (Å²) in [6.45, 7) is 1.65. The highest BCUT2D eigenvalue weighted by atomic mass is 32.2. The normalized spacial score (nSPS) is 20.5. The molecule has 1 atom stereocenters. The lowest BCUT2D eigenvalue weighted by Crippen LogP contribution is -2.44. The van der Waals surface area contributed by atoms with Gasteiger partial charge in [-0.15, -0.1) is 6.42 Å². The molecule has 0 bridgehead atoms. The van der Waals surface area contributed by atoms with Crippen molar-refractivity contribution in [3.05, 3.63) is 35.4 Å². The summed E-state index contributed by atoms with van der Waals surface area (Å²) in [4.78, 5) is 2.21. The van der Waals surface area contributed by atoms with Gasteiger partial charge in [0.25, 0.3) is 0 Å². The van der Waals surface area contributed by atoms with Crippen molar-refractivity contribution in [2.45, 2.75) is 31.8 Å². The van der Waals surface area contributed by atoms with Crippen LogP contribution in [0.2, 0.25) is 0 Å². The van der Waals surface area contributed by atoms with E-state index in [0.717, 1.165) is 43.5 Å². The van der Waals surface area contributed by atoms with E-state index in [1.165, 1.54) is 0 Å². The molecule has 0 aromatic heterocycles. The van der Waals surface area contributed by atoms with E-state index in [0.29, 0.717) is 0 Å². The molecular weight excluding hydrogens is 272 g/mol. The van der Waals surface area contributed by atoms with Gasteiger partial charge in [-0.2, -0.15) is 0 Å². The van der Waals surface area contributed by atoms with E-state index >= 15 is 0 Å². The number of primary sulfonamides is 1. The summed E-state index contributed by atoms with van der Waals surface area (Å²) in [5.41, 5.74) is 2.00. The number of likely N-dealkylation sites (tertiary alicyclic amines) is 1. The molecule has 0 saturated carbocycles. The maximum atomic E-state index is 11.3. The summed E-state index contributed by atoms with van der Waals surface area (Å²) in [5.74, 6) is 2.63. The van der Waals surface area contributed by atoms with Gasteiger partial charge in [0.05, 0.1) is 5.75 Å². The number of hydrogen-bond acceptors (Lipinski definition) is 3. The molecule has 1 saturated heterocycles. The molecule has 20 heavy (non-hydrogen) atoms. The second kappa shape index (κ2) is 6.40. The van der Waals surface area contributed by atoms with Crippen LogP contribution in [0, 0.1) is 12.3 Å². The molecule has 2 N–H and O–H groups in total. The van der Waals surface area contributed by atoms with E-state index in [1.54, 1.807) is 0 Å². The Balaban J connectivity index is 2.06. The summed E-state index contributed by atoms with van der Waals surface area (Å²) >= 11 is 0. The Morgan fingerprint density at radius 2 is 2.00 bits per heavy atom. The van der Waals surface area contributed by atoms with Crippen LogP contribution < -0.4 is 5.14 Å². The lowest BCUT2D eigenvalue weighted by atomic mass is 10.0. The Hall–Kier alpha value is -1.35. The molecule has 1 aliphatic rings. The van der Waals surface area contributed by atoms with Gasteiger partial charge in [0.2, 0.25) is 10.0 Å². The first-order valence-corrected chi connectivity index (χ1v) is 8.49. The van der Waals surface area contributed by atoms with Crippen LogP contribution in [0.5, 0.6) is 0 Å². The molecule has 1 aromatic rings. The quantitative estimate of drug-likeness (QED) is 0.851. The van der Waals surface area contributed by atoms with E-state index in [1.807, 2.05) is 24.3 Å². The summed E-state index contributed by atoms with van der Waals surface area (Å²) in [6, 6.07) is 7.84. The summed E-state index contributed by atoms with van der Waals surface area (Å²) in [5, 5.41) is 5.18. The number of nitrogens with zero attached hydrogens (tertiary/aromatic N) is 1. The molecule has 1 heterocycles. The molecular formula is C15H20N2O2S. The van der Waals surface area contributed by atoms with Crippen LogP contribution in [0.1, 0.15) is 30.4 Å². The van der Waals surface area contributed by atoms with Crippen molar-refractivity contribution in [1.29, 1.82) is 0 Å². The highest BCUT2D eigenvalue weighted by Crippen LogP contribution is 2.20. The van der Waals surface area contributed by atoms with Gasteiger partial charge in [-0.25, -0.2) is 13.6 Å². The van der Waals surface area contributed by atoms with E-state index in [4.69, 9.17) is 11.6 Å². The smallest absolute Gasteiger partial charge is 0.210 e. The van der Waals surface area contributed by atoms with E-state index in [-0.39, 0.29) is 11.8 Å². The fraction of sp³-hybridized carbons (Fsp3) is 0.467. The Morgan fingerprint density at radius 1 is 1.30 bits per heavy atom. The van der Waals surface area contributed by atoms with Gasteiger partial charge in [-0.05, 0) is 37.1 Å². The molecule has 0 radical (unpaired) electrons. The number of rotatable bonds is 4. The van der Waals surface area contributed by atoms with Crippen molar-refractivity contribution in [3.63, 3.8) is 0 Å². The van der Waals surface area contributed by atoms with E-state index < -0.39 is 10.0 Å². The zero-order chi connectivity index (χ0) is 14.6. The lowest BCUT2D eigenvalue weighted by Gasteiger charge is -2.35. The average molecular weight is 292 g/mol. The number of benzene rings is 1. The third-order valence-electron chi connectivity index (χ3n) is 3.68. The van der Waals surface area contributed by atoms with Crippen LogP contribution in [0.4, 0.5) is 0 Å². The largest absolute Gasteiger partial charge is 0.295 e. The Morgan fingerprint density at radius 3 is 2.60 bits per heavy atom. The van der Waals surface area contributed by atoms with E-state index in [9.17, 15) is 8.42 Å². The highest BCUT2D eigenvalue weighted by molar-refractivity contribution is 7.89. The number of piperidine rings is 1. The minimum atomic E-state index is -3.43. The highest BCUT2D eigenvalue weighted by Gasteiger charge is 2.25. The molecule has 0 amide bonds. The zero-order valence-corrected chi connectivity index (χ0v) is 12.3. The predicted molar refractivity (Wildman–Crippen MR) is 80.4 cm³/mol. The van der Waals surface area contributed by atoms with Gasteiger partial charge < -0.3 is 0 Å². The van der Waals surface area contributed by atoms with Crippen molar-refractivity contribution in [2.75, 3.05) is 12.3 Å². The topological polar surface area (TPSA) is 63.4 Å². The molecule has 1 fully saturated rings. The molecule has 5 heteroatoms. The van der Waals surface area contributed by atoms with Crippen molar-refractivity contribution < 1.29 is 8.42 Å². The molecule has 4 nitrogen and oxygen atoms in total. The van der Waals surface area contributed by atoms with E-state index in [2.05, 4.69) is 10.8 Å². The third kappa shape index (κ3) is 4.34. The number of hydrogen-bond donors (Lipinski definition) is 1. The van der Waals surface area contributed by atoms with Gasteiger partial charge in [0.1, 0.15) is 0 Å². The number of terminal acetylenes is 1. The third-order valence-corrected chi connectivity index (χ3v) is 4.53. The predicted octanol–water partition coefficient (Wildman–Crippen LogP) is 1.31. The zero-order valence-electron chi connectivity index (χ0n) is 11.5. The summed E-state index contributed by atoms with van der Waals surface area (Å²) in [6.07, 6.45) is 8.39. The molecule has 0 aliphatic carbocycles. The monoisotopic (exact) mass is 292 g/mol. The molecule has 1 aliphatic heterocycles. The fourth-order valence-corrected chi connectivity index (χ4v) is 3.58. The van der Waals surface area contributed by atoms with Crippen LogP contribution in [-0.4, -0.2) is 31.7 Å². The molecule has 108 valence electrons. The van der Waals surface area contributed by atoms with Crippen LogP contribution in [0.3, 0.4) is 0 Å². The van der Waals surface area contributed by atoms with Gasteiger partial charge in [0, 0.05) is 18.2 Å². The van der Waals surface area contributed by atoms with Gasteiger partial charge in [0.15, 0.2) is 0 Å². The second-order valence-electron chi connectivity index (χ2n) is 5.29. The number of sulfonamides is 1. The maximum absolute atomic E-state index is 11.3. The van der Waals surface area contributed by atoms with Gasteiger partial charge in [-0.1, -0.05) is 24.5 Å². The Kier molecular flexibility index (Phi) is 4.81. The minimum Gasteiger partial charge on any atom is -0.295 e. The van der Waals surface area contributed by atoms with Gasteiger partial charge in [-0.3, -0.25) is 4.90 Å². The maximum Gasteiger partial charge on any atom is 0.210 e. The van der Waals surface area contributed by atoms with Gasteiger partial charge >= 0.3 is 0 Å². The first kappa shape index (κ1) is 15.0. The SMILES string of the molecule is C#Cc1ccc(CN2CCCC[C@@H]2CS(N)(=O)=O)cc1. The van der Waals surface area contributed by atoms with Crippen molar-refractivity contribution in [3.8, 4) is 12.3 Å². The van der Waals surface area contributed by atoms with Crippen LogP contribution in [0.25, 0.3) is 0 Å². The summed E-state index contributed by atoms with van der Waals surface area (Å²) < 4.78 is 22.6. The van der Waals surface area contributed by atoms with Crippen molar-refractivity contribution >= 4 is 10.0 Å². The van der Waals surface area contributed by atoms with Crippen molar-refractivity contribution in [1.82, 2.24) is 4.90 Å². The van der Waals surface area contributed by atoms with Crippen molar-refractivity contribution in [2.24, 2.45) is 5.14 Å². The first-order chi connectivity index (χ1) is 9.48. The van der Waals surface area contributed by atoms with Crippen LogP contribution in [-0.2, 0) is 16.6 Å². The lowest BCUT2D eigenvalue weighted by molar-refractivity contribution is 0.154. The number of nitrogens with two attached hydrogens (primary N) is 1. The van der Waals surface area contributed by atoms with Crippen LogP contribution >= 0.6 is 0 Å². The first-order valence-electron chi connectivity index (χ1n) is 6.78. The molecule has 2 rings (SSSR count). The molecule has 0 unspecified atom stereocenters. The molecule has 0 spiro atoms. The van der Waals surface area contributed by atoms with Crippen LogP contribution in [0.15, 0.2) is 24.3 Å². The average Bonchev–Trinajstić information content (AvgIpc) is 2.40. The standard InChI is InChI=1S/C15H20N2O2S/c1-2-13-6-8-14(9-7-13)11-17-10-4-3-5-15(17)12-20(16,18)19/h1,6-9,15H,3-5,10-12H2,(H2,16,18,19)/t15-/m1/s1. The Bertz CT molecular complexity index is 587. The Labute approximate surface area is 121 Å². The fourth-order valence-electron chi connectivity index (χ4n) is 2.67. The second-order valence-corrected chi connectivity index (χ2v) is 6.95. The summed E-state index contributed by atoms with van der Waals surface area (Å²) in [7, 11) is -3.43. The minimum absolute atomic E-state index is 0.0195. The molecule has 1 aromatic carbocycles.